The van der Waals surface area contributed by atoms with Gasteiger partial charge in [-0.3, -0.25) is 9.78 Å². The molecule has 0 atom stereocenters. The molecule has 0 spiro atoms. The first-order valence-electron chi connectivity index (χ1n) is 7.16. The number of anilines is 1. The summed E-state index contributed by atoms with van der Waals surface area (Å²) in [5.41, 5.74) is 7.42. The van der Waals surface area contributed by atoms with Crippen molar-refractivity contribution in [1.29, 1.82) is 0 Å². The fourth-order valence-corrected chi connectivity index (χ4v) is 3.44. The van der Waals surface area contributed by atoms with Crippen molar-refractivity contribution < 1.29 is 4.79 Å². The maximum absolute atomic E-state index is 12.8. The lowest BCUT2D eigenvalue weighted by atomic mass is 10.2. The Labute approximate surface area is 122 Å². The lowest BCUT2D eigenvalue weighted by Gasteiger charge is -2.21. The molecule has 0 bridgehead atoms. The molecule has 106 valence electrons. The molecule has 2 heterocycles. The van der Waals surface area contributed by atoms with E-state index in [9.17, 15) is 4.79 Å². The van der Waals surface area contributed by atoms with Gasteiger partial charge in [-0.15, -0.1) is 11.3 Å². The number of carbonyl (C=O) groups is 1. The van der Waals surface area contributed by atoms with Gasteiger partial charge in [-0.2, -0.15) is 0 Å². The largest absolute Gasteiger partial charge is 0.396 e. The van der Waals surface area contributed by atoms with Crippen LogP contribution in [0.25, 0.3) is 10.2 Å². The number of nitrogens with two attached hydrogens (primary N) is 1. The molecule has 3 rings (SSSR count). The van der Waals surface area contributed by atoms with Gasteiger partial charge < -0.3 is 10.6 Å². The molecule has 20 heavy (non-hydrogen) atoms. The number of hydrogen-bond donors (Lipinski definition) is 1. The van der Waals surface area contributed by atoms with Crippen molar-refractivity contribution in [2.24, 2.45) is 0 Å². The number of carbonyl (C=O) groups excluding carboxylic acids is 1. The average molecular weight is 289 g/mol. The van der Waals surface area contributed by atoms with Gasteiger partial charge in [0.1, 0.15) is 10.4 Å². The Bertz CT molecular complexity index is 633. The van der Waals surface area contributed by atoms with E-state index < -0.39 is 0 Å². The van der Waals surface area contributed by atoms with Crippen molar-refractivity contribution >= 4 is 33.1 Å². The van der Waals surface area contributed by atoms with E-state index in [1.807, 2.05) is 17.0 Å². The number of pyridine rings is 1. The first kappa shape index (κ1) is 13.4. The Morgan fingerprint density at radius 2 is 2.35 bits per heavy atom. The Hall–Kier alpha value is -1.62. The second kappa shape index (κ2) is 5.40. The summed E-state index contributed by atoms with van der Waals surface area (Å²) >= 11 is 1.46. The Morgan fingerprint density at radius 1 is 1.55 bits per heavy atom. The molecule has 0 radical (unpaired) electrons. The summed E-state index contributed by atoms with van der Waals surface area (Å²) in [6, 6.07) is 4.27. The summed E-state index contributed by atoms with van der Waals surface area (Å²) in [4.78, 5) is 19.7. The van der Waals surface area contributed by atoms with Crippen molar-refractivity contribution in [3.05, 3.63) is 23.2 Å². The summed E-state index contributed by atoms with van der Waals surface area (Å²) in [6.45, 7) is 2.98. The zero-order chi connectivity index (χ0) is 14.1. The number of nitrogen functional groups attached to an aromatic ring is 1. The highest BCUT2D eigenvalue weighted by molar-refractivity contribution is 7.21. The van der Waals surface area contributed by atoms with Gasteiger partial charge in [-0.05, 0) is 31.4 Å². The normalized spacial score (nSPS) is 14.7. The Morgan fingerprint density at radius 3 is 3.00 bits per heavy atom. The minimum absolute atomic E-state index is 0.0847. The zero-order valence-electron chi connectivity index (χ0n) is 11.6. The molecule has 0 aromatic carbocycles. The van der Waals surface area contributed by atoms with Crippen LogP contribution in [-0.2, 0) is 0 Å². The number of hydrogen-bond acceptors (Lipinski definition) is 4. The minimum atomic E-state index is 0.0847. The van der Waals surface area contributed by atoms with E-state index in [1.165, 1.54) is 11.3 Å². The third kappa shape index (κ3) is 2.38. The van der Waals surface area contributed by atoms with Gasteiger partial charge in [0, 0.05) is 18.8 Å². The van der Waals surface area contributed by atoms with Gasteiger partial charge in [-0.1, -0.05) is 13.3 Å². The molecule has 2 aromatic rings. The predicted octanol–water partition coefficient (Wildman–Crippen LogP) is 3.28. The van der Waals surface area contributed by atoms with E-state index in [0.717, 1.165) is 42.4 Å². The molecule has 0 unspecified atom stereocenters. The molecule has 4 nitrogen and oxygen atoms in total. The molecule has 0 aliphatic heterocycles. The van der Waals surface area contributed by atoms with Crippen LogP contribution in [0.3, 0.4) is 0 Å². The maximum atomic E-state index is 12.8. The number of rotatable bonds is 5. The molecule has 1 saturated carbocycles. The molecule has 2 N–H and O–H groups in total. The summed E-state index contributed by atoms with van der Waals surface area (Å²) < 4.78 is 0.986. The summed E-state index contributed by atoms with van der Waals surface area (Å²) in [5, 5.41) is 0. The summed E-state index contributed by atoms with van der Waals surface area (Å²) in [5.74, 6) is 0.0847. The average Bonchev–Trinajstić information content (AvgIpc) is 3.24. The Kier molecular flexibility index (Phi) is 3.61. The van der Waals surface area contributed by atoms with Crippen molar-refractivity contribution in [2.75, 3.05) is 12.3 Å². The number of unbranched alkanes of at least 4 members (excludes halogenated alkanes) is 1. The topological polar surface area (TPSA) is 59.2 Å². The number of fused-ring (bicyclic) bond motifs is 1. The second-order valence-electron chi connectivity index (χ2n) is 5.28. The van der Waals surface area contributed by atoms with Crippen molar-refractivity contribution in [2.45, 2.75) is 38.6 Å². The molecule has 0 saturated heterocycles. The number of thiophene rings is 1. The molecule has 1 aliphatic rings. The van der Waals surface area contributed by atoms with Gasteiger partial charge in [0.25, 0.3) is 5.91 Å². The lowest BCUT2D eigenvalue weighted by Crippen LogP contribution is -2.33. The molecular formula is C15H19N3OS. The van der Waals surface area contributed by atoms with E-state index in [-0.39, 0.29) is 5.91 Å². The highest BCUT2D eigenvalue weighted by Gasteiger charge is 2.34. The minimum Gasteiger partial charge on any atom is -0.396 e. The number of nitrogens with zero attached hydrogens (tertiary/aromatic N) is 2. The predicted molar refractivity (Wildman–Crippen MR) is 83.0 cm³/mol. The third-order valence-electron chi connectivity index (χ3n) is 3.68. The SMILES string of the molecule is CCCCN(C(=O)c1sc2cccnc2c1N)C1CC1. The van der Waals surface area contributed by atoms with Crippen LogP contribution in [0.15, 0.2) is 18.3 Å². The van der Waals surface area contributed by atoms with E-state index >= 15 is 0 Å². The van der Waals surface area contributed by atoms with Crippen molar-refractivity contribution in [3.63, 3.8) is 0 Å². The first-order chi connectivity index (χ1) is 9.72. The van der Waals surface area contributed by atoms with Crippen LogP contribution in [0, 0.1) is 0 Å². The highest BCUT2D eigenvalue weighted by atomic mass is 32.1. The quantitative estimate of drug-likeness (QED) is 0.919. The van der Waals surface area contributed by atoms with Gasteiger partial charge in [0.15, 0.2) is 0 Å². The molecule has 1 aliphatic carbocycles. The first-order valence-corrected chi connectivity index (χ1v) is 7.98. The van der Waals surface area contributed by atoms with Crippen LogP contribution in [0.4, 0.5) is 5.69 Å². The Balaban J connectivity index is 1.92. The lowest BCUT2D eigenvalue weighted by molar-refractivity contribution is 0.0746. The second-order valence-corrected chi connectivity index (χ2v) is 6.33. The van der Waals surface area contributed by atoms with E-state index in [1.54, 1.807) is 6.20 Å². The summed E-state index contributed by atoms with van der Waals surface area (Å²) in [7, 11) is 0. The molecule has 2 aromatic heterocycles. The molecule has 5 heteroatoms. The molecule has 1 fully saturated rings. The molecular weight excluding hydrogens is 270 g/mol. The monoisotopic (exact) mass is 289 g/mol. The van der Waals surface area contributed by atoms with Gasteiger partial charge in [0.05, 0.1) is 10.4 Å². The summed E-state index contributed by atoms with van der Waals surface area (Å²) in [6.07, 6.45) is 6.11. The molecule has 1 amide bonds. The fourth-order valence-electron chi connectivity index (χ4n) is 2.40. The van der Waals surface area contributed by atoms with Gasteiger partial charge in [0.2, 0.25) is 0 Å². The maximum Gasteiger partial charge on any atom is 0.266 e. The van der Waals surface area contributed by atoms with Crippen LogP contribution < -0.4 is 5.73 Å². The smallest absolute Gasteiger partial charge is 0.266 e. The van der Waals surface area contributed by atoms with Crippen LogP contribution in [0.1, 0.15) is 42.3 Å². The standard InChI is InChI=1S/C15H19N3OS/c1-2-3-9-18(10-6-7-10)15(19)14-12(16)13-11(20-14)5-4-8-17-13/h4-5,8,10H,2-3,6-7,9,16H2,1H3. The van der Waals surface area contributed by atoms with Crippen LogP contribution in [0.2, 0.25) is 0 Å². The third-order valence-corrected chi connectivity index (χ3v) is 4.83. The van der Waals surface area contributed by atoms with E-state index in [2.05, 4.69) is 11.9 Å². The zero-order valence-corrected chi connectivity index (χ0v) is 12.4. The fraction of sp³-hybridized carbons (Fsp3) is 0.467. The van der Waals surface area contributed by atoms with Crippen LogP contribution in [-0.4, -0.2) is 28.4 Å². The van der Waals surface area contributed by atoms with E-state index in [0.29, 0.717) is 16.6 Å². The van der Waals surface area contributed by atoms with Crippen LogP contribution in [0.5, 0.6) is 0 Å². The van der Waals surface area contributed by atoms with Crippen molar-refractivity contribution in [3.8, 4) is 0 Å². The highest BCUT2D eigenvalue weighted by Crippen LogP contribution is 2.35. The number of amides is 1. The van der Waals surface area contributed by atoms with Gasteiger partial charge >= 0.3 is 0 Å². The van der Waals surface area contributed by atoms with E-state index in [4.69, 9.17) is 5.73 Å². The van der Waals surface area contributed by atoms with Gasteiger partial charge in [-0.25, -0.2) is 0 Å². The number of aromatic nitrogens is 1. The van der Waals surface area contributed by atoms with Crippen LogP contribution >= 0.6 is 11.3 Å². The van der Waals surface area contributed by atoms with Crippen molar-refractivity contribution in [1.82, 2.24) is 9.88 Å².